The van der Waals surface area contributed by atoms with Gasteiger partial charge in [0.15, 0.2) is 0 Å². The van der Waals surface area contributed by atoms with Crippen LogP contribution in [0.5, 0.6) is 0 Å². The summed E-state index contributed by atoms with van der Waals surface area (Å²) in [6.07, 6.45) is 3.60. The molecule has 3 nitrogen and oxygen atoms in total. The van der Waals surface area contributed by atoms with Gasteiger partial charge in [-0.25, -0.2) is 9.97 Å². The molecule has 0 aliphatic carbocycles. The van der Waals surface area contributed by atoms with E-state index in [1.165, 1.54) is 5.69 Å². The van der Waals surface area contributed by atoms with Gasteiger partial charge in [0, 0.05) is 17.6 Å². The van der Waals surface area contributed by atoms with Gasteiger partial charge in [0.05, 0.1) is 6.20 Å². The zero-order valence-electron chi connectivity index (χ0n) is 6.57. The maximum Gasteiger partial charge on any atom is 0.234 e. The van der Waals surface area contributed by atoms with Gasteiger partial charge in [-0.05, 0) is 19.9 Å². The quantitative estimate of drug-likeness (QED) is 0.563. The summed E-state index contributed by atoms with van der Waals surface area (Å²) in [6.45, 7) is 4.07. The molecule has 3 heteroatoms. The number of rotatable bonds is 0. The molecule has 2 aromatic rings. The number of nitrogens with zero attached hydrogens (tertiary/aromatic N) is 3. The second-order valence-corrected chi connectivity index (χ2v) is 2.62. The van der Waals surface area contributed by atoms with Crippen LogP contribution in [0.3, 0.4) is 0 Å². The van der Waals surface area contributed by atoms with Crippen molar-refractivity contribution in [1.29, 1.82) is 0 Å². The third kappa shape index (κ3) is 0.808. The normalized spacial score (nSPS) is 10.7. The van der Waals surface area contributed by atoms with Crippen molar-refractivity contribution in [3.63, 3.8) is 0 Å². The molecule has 0 unspecified atom stereocenters. The Morgan fingerprint density at radius 2 is 2.00 bits per heavy atom. The van der Waals surface area contributed by atoms with E-state index in [1.54, 1.807) is 6.20 Å². The third-order valence-electron chi connectivity index (χ3n) is 1.78. The van der Waals surface area contributed by atoms with Crippen LogP contribution in [-0.4, -0.2) is 14.4 Å². The third-order valence-corrected chi connectivity index (χ3v) is 1.78. The van der Waals surface area contributed by atoms with Crippen LogP contribution >= 0.6 is 0 Å². The van der Waals surface area contributed by atoms with E-state index in [2.05, 4.69) is 9.97 Å². The van der Waals surface area contributed by atoms with Crippen LogP contribution in [0.1, 0.15) is 11.4 Å². The number of hydrogen-bond donors (Lipinski definition) is 0. The number of hydrogen-bond acceptors (Lipinski definition) is 2. The zero-order valence-corrected chi connectivity index (χ0v) is 6.57. The predicted molar refractivity (Wildman–Crippen MR) is 42.5 cm³/mol. The van der Waals surface area contributed by atoms with Crippen molar-refractivity contribution in [1.82, 2.24) is 14.4 Å². The molecule has 0 saturated carbocycles. The second kappa shape index (κ2) is 2.05. The van der Waals surface area contributed by atoms with Crippen molar-refractivity contribution in [2.24, 2.45) is 0 Å². The number of fused-ring (bicyclic) bond motifs is 1. The minimum Gasteiger partial charge on any atom is -0.286 e. The van der Waals surface area contributed by atoms with Gasteiger partial charge < -0.3 is 0 Å². The minimum absolute atomic E-state index is 0.780. The summed E-state index contributed by atoms with van der Waals surface area (Å²) in [7, 11) is 0. The Hall–Kier alpha value is -1.38. The molecule has 0 atom stereocenters. The van der Waals surface area contributed by atoms with Crippen molar-refractivity contribution in [3.8, 4) is 0 Å². The lowest BCUT2D eigenvalue weighted by Gasteiger charge is -1.98. The molecule has 0 bridgehead atoms. The first-order chi connectivity index (χ1) is 5.29. The Balaban J connectivity index is 2.96. The lowest BCUT2D eigenvalue weighted by molar-refractivity contribution is 1.00. The van der Waals surface area contributed by atoms with Crippen LogP contribution in [0.4, 0.5) is 0 Å². The molecular weight excluding hydrogens is 138 g/mol. The van der Waals surface area contributed by atoms with E-state index in [0.717, 1.165) is 11.5 Å². The molecule has 0 fully saturated rings. The molecular formula is C8H9N3. The molecule has 0 aliphatic rings. The van der Waals surface area contributed by atoms with Gasteiger partial charge in [0.1, 0.15) is 0 Å². The highest BCUT2D eigenvalue weighted by Gasteiger charge is 1.99. The molecule has 0 amide bonds. The molecule has 0 aromatic carbocycles. The largest absolute Gasteiger partial charge is 0.286 e. The average Bonchev–Trinajstić information content (AvgIpc) is 2.34. The topological polar surface area (TPSA) is 30.2 Å². The summed E-state index contributed by atoms with van der Waals surface area (Å²) in [5, 5.41) is 0. The summed E-state index contributed by atoms with van der Waals surface area (Å²) in [6, 6.07) is 1.97. The first-order valence-corrected chi connectivity index (χ1v) is 3.55. The SMILES string of the molecule is Cc1ccnc2ncc(C)n12. The highest BCUT2D eigenvalue weighted by molar-refractivity contribution is 5.32. The summed E-state index contributed by atoms with van der Waals surface area (Å²) in [5.41, 5.74) is 2.30. The lowest BCUT2D eigenvalue weighted by atomic mass is 10.4. The highest BCUT2D eigenvalue weighted by Crippen LogP contribution is 2.05. The number of imidazole rings is 1. The van der Waals surface area contributed by atoms with E-state index < -0.39 is 0 Å². The Morgan fingerprint density at radius 1 is 1.18 bits per heavy atom. The fraction of sp³-hybridized carbons (Fsp3) is 0.250. The fourth-order valence-corrected chi connectivity index (χ4v) is 1.24. The molecule has 0 N–H and O–H groups in total. The smallest absolute Gasteiger partial charge is 0.234 e. The van der Waals surface area contributed by atoms with Gasteiger partial charge in [-0.2, -0.15) is 0 Å². The van der Waals surface area contributed by atoms with Crippen LogP contribution in [0.2, 0.25) is 0 Å². The lowest BCUT2D eigenvalue weighted by Crippen LogP contribution is -1.94. The molecule has 11 heavy (non-hydrogen) atoms. The fourth-order valence-electron chi connectivity index (χ4n) is 1.24. The Bertz CT molecular complexity index is 389. The van der Waals surface area contributed by atoms with Crippen molar-refractivity contribution >= 4 is 5.78 Å². The number of aromatic nitrogens is 3. The first kappa shape index (κ1) is 6.34. The van der Waals surface area contributed by atoms with Crippen molar-refractivity contribution < 1.29 is 0 Å². The van der Waals surface area contributed by atoms with Gasteiger partial charge in [-0.15, -0.1) is 0 Å². The van der Waals surface area contributed by atoms with E-state index >= 15 is 0 Å². The summed E-state index contributed by atoms with van der Waals surface area (Å²) < 4.78 is 2.03. The molecule has 2 aromatic heterocycles. The van der Waals surface area contributed by atoms with Crippen molar-refractivity contribution in [2.45, 2.75) is 13.8 Å². The van der Waals surface area contributed by atoms with Gasteiger partial charge in [0.25, 0.3) is 0 Å². The van der Waals surface area contributed by atoms with Crippen LogP contribution in [0.25, 0.3) is 5.78 Å². The first-order valence-electron chi connectivity index (χ1n) is 3.55. The zero-order chi connectivity index (χ0) is 7.84. The van der Waals surface area contributed by atoms with Crippen LogP contribution in [0, 0.1) is 13.8 Å². The molecule has 2 rings (SSSR count). The van der Waals surface area contributed by atoms with E-state index in [0.29, 0.717) is 0 Å². The van der Waals surface area contributed by atoms with Crippen molar-refractivity contribution in [2.75, 3.05) is 0 Å². The van der Waals surface area contributed by atoms with Crippen LogP contribution in [0.15, 0.2) is 18.5 Å². The van der Waals surface area contributed by atoms with Gasteiger partial charge >= 0.3 is 0 Å². The Labute approximate surface area is 64.7 Å². The van der Waals surface area contributed by atoms with E-state index in [9.17, 15) is 0 Å². The van der Waals surface area contributed by atoms with Gasteiger partial charge in [-0.1, -0.05) is 0 Å². The molecule has 0 saturated heterocycles. The predicted octanol–water partition coefficient (Wildman–Crippen LogP) is 1.35. The summed E-state index contributed by atoms with van der Waals surface area (Å²) in [5.74, 6) is 0.780. The molecule has 0 spiro atoms. The maximum atomic E-state index is 4.13. The van der Waals surface area contributed by atoms with E-state index in [-0.39, 0.29) is 0 Å². The monoisotopic (exact) mass is 147 g/mol. The van der Waals surface area contributed by atoms with E-state index in [1.807, 2.05) is 30.5 Å². The molecule has 0 radical (unpaired) electrons. The second-order valence-electron chi connectivity index (χ2n) is 2.62. The Morgan fingerprint density at radius 3 is 2.73 bits per heavy atom. The van der Waals surface area contributed by atoms with Gasteiger partial charge in [0.2, 0.25) is 5.78 Å². The number of aryl methyl sites for hydroxylation is 2. The summed E-state index contributed by atoms with van der Waals surface area (Å²) >= 11 is 0. The highest BCUT2D eigenvalue weighted by atomic mass is 15.1. The van der Waals surface area contributed by atoms with Crippen LogP contribution in [-0.2, 0) is 0 Å². The Kier molecular flexibility index (Phi) is 1.18. The molecule has 56 valence electrons. The summed E-state index contributed by atoms with van der Waals surface area (Å²) in [4.78, 5) is 8.25. The minimum atomic E-state index is 0.780. The van der Waals surface area contributed by atoms with Crippen molar-refractivity contribution in [3.05, 3.63) is 29.8 Å². The van der Waals surface area contributed by atoms with Crippen LogP contribution < -0.4 is 0 Å². The van der Waals surface area contributed by atoms with E-state index in [4.69, 9.17) is 0 Å². The molecule has 2 heterocycles. The standard InChI is InChI=1S/C8H9N3/c1-6-3-4-9-8-10-5-7(2)11(6)8/h3-5H,1-2H3. The average molecular weight is 147 g/mol. The van der Waals surface area contributed by atoms with Gasteiger partial charge in [-0.3, -0.25) is 4.40 Å². The molecule has 0 aliphatic heterocycles. The maximum absolute atomic E-state index is 4.13.